The molecule has 0 aromatic rings. The molecule has 0 aromatic heterocycles. The average molecular weight is 96.2 g/mol. The van der Waals surface area contributed by atoms with Gasteiger partial charge < -0.3 is 0 Å². The Morgan fingerprint density at radius 1 is 1.67 bits per heavy atom. The summed E-state index contributed by atoms with van der Waals surface area (Å²) in [5.74, 6) is 3.92. The Labute approximate surface area is 41.3 Å². The molecule has 1 heterocycles. The highest BCUT2D eigenvalue weighted by molar-refractivity contribution is 8.05. The van der Waals surface area contributed by atoms with Crippen molar-refractivity contribution in [1.29, 1.82) is 0 Å². The Kier molecular flexibility index (Phi) is 0.380. The smallest absolute Gasteiger partial charge is 0.0352 e. The van der Waals surface area contributed by atoms with E-state index in [0.717, 1.165) is 11.2 Å². The van der Waals surface area contributed by atoms with Crippen LogP contribution in [0.5, 0.6) is 0 Å². The number of rotatable bonds is 0. The van der Waals surface area contributed by atoms with Crippen molar-refractivity contribution >= 4 is 11.8 Å². The molecule has 1 aliphatic heterocycles. The number of thioether (sulfide) groups is 1. The van der Waals surface area contributed by atoms with E-state index in [4.69, 9.17) is 0 Å². The molecule has 1 saturated carbocycles. The normalized spacial score (nSPS) is 46.7. The minimum atomic E-state index is 0.815. The first kappa shape index (κ1) is 2.98. The first-order valence-corrected chi connectivity index (χ1v) is 3.01. The van der Waals surface area contributed by atoms with Gasteiger partial charge in [0.25, 0.3) is 0 Å². The minimum Gasteiger partial charge on any atom is -0.0866 e. The van der Waals surface area contributed by atoms with E-state index in [1.165, 1.54) is 6.42 Å². The van der Waals surface area contributed by atoms with Gasteiger partial charge in [0.1, 0.15) is 0 Å². The highest BCUT2D eigenvalue weighted by Gasteiger charge is 2.38. The summed E-state index contributed by atoms with van der Waals surface area (Å²) < 4.78 is 0. The molecule has 6 heavy (non-hydrogen) atoms. The van der Waals surface area contributed by atoms with Gasteiger partial charge in [-0.3, -0.25) is 0 Å². The van der Waals surface area contributed by atoms with Crippen molar-refractivity contribution in [2.75, 3.05) is 0 Å². The molecule has 1 aliphatic carbocycles. The van der Waals surface area contributed by atoms with Crippen LogP contribution in [0.3, 0.4) is 0 Å². The standard InChI is InChI=1S/C5H4S/c1-2-6-5-3-4(1)5/h4-5H,3H2/t4?,5-/m0/s1. The average Bonchev–Trinajstić information content (AvgIpc) is 2.17. The molecule has 0 radical (unpaired) electrons. The maximum absolute atomic E-state index is 3.11. The first-order chi connectivity index (χ1) is 2.97. The molecular formula is C5H4S. The van der Waals surface area contributed by atoms with Gasteiger partial charge in [-0.25, -0.2) is 0 Å². The van der Waals surface area contributed by atoms with E-state index in [1.807, 2.05) is 11.8 Å². The zero-order valence-electron chi connectivity index (χ0n) is 3.27. The van der Waals surface area contributed by atoms with E-state index in [1.54, 1.807) is 0 Å². The second-order valence-electron chi connectivity index (χ2n) is 1.74. The molecule has 0 bridgehead atoms. The van der Waals surface area contributed by atoms with Crippen LogP contribution in [0.2, 0.25) is 0 Å². The van der Waals surface area contributed by atoms with Crippen molar-refractivity contribution in [2.45, 2.75) is 11.7 Å². The van der Waals surface area contributed by atoms with Crippen molar-refractivity contribution in [2.24, 2.45) is 5.92 Å². The molecule has 1 unspecified atom stereocenters. The van der Waals surface area contributed by atoms with Gasteiger partial charge in [-0.2, -0.15) is 0 Å². The van der Waals surface area contributed by atoms with Crippen LogP contribution in [0, 0.1) is 17.1 Å². The third kappa shape index (κ3) is 0.233. The van der Waals surface area contributed by atoms with Gasteiger partial charge in [0, 0.05) is 11.2 Å². The van der Waals surface area contributed by atoms with Gasteiger partial charge in [0.2, 0.25) is 0 Å². The van der Waals surface area contributed by atoms with Gasteiger partial charge in [-0.15, -0.1) is 0 Å². The van der Waals surface area contributed by atoms with Crippen molar-refractivity contribution in [1.82, 2.24) is 0 Å². The van der Waals surface area contributed by atoms with Crippen molar-refractivity contribution < 1.29 is 0 Å². The lowest BCUT2D eigenvalue weighted by atomic mass is 10.5. The molecule has 0 spiro atoms. The van der Waals surface area contributed by atoms with Crippen LogP contribution >= 0.6 is 11.8 Å². The summed E-state index contributed by atoms with van der Waals surface area (Å²) in [6, 6.07) is 0. The second-order valence-corrected chi connectivity index (χ2v) is 2.79. The Hall–Kier alpha value is -0.0900. The molecule has 0 amide bonds. The SMILES string of the molecule is C1#CC2C[C@@H]2S1. The molecule has 2 atom stereocenters. The van der Waals surface area contributed by atoms with Crippen LogP contribution in [-0.2, 0) is 0 Å². The van der Waals surface area contributed by atoms with Crippen LogP contribution in [0.1, 0.15) is 6.42 Å². The Bertz CT molecular complexity index is 129. The maximum atomic E-state index is 3.11. The zero-order valence-corrected chi connectivity index (χ0v) is 4.09. The fourth-order valence-corrected chi connectivity index (χ4v) is 1.55. The summed E-state index contributed by atoms with van der Waals surface area (Å²) in [5.41, 5.74) is 0. The largest absolute Gasteiger partial charge is 0.0866 e. The van der Waals surface area contributed by atoms with Crippen LogP contribution in [0.25, 0.3) is 0 Å². The van der Waals surface area contributed by atoms with E-state index in [-0.39, 0.29) is 0 Å². The monoisotopic (exact) mass is 96.0 g/mol. The molecule has 0 aromatic carbocycles. The fraction of sp³-hybridized carbons (Fsp3) is 0.600. The lowest BCUT2D eigenvalue weighted by molar-refractivity contribution is 1.20. The van der Waals surface area contributed by atoms with E-state index < -0.39 is 0 Å². The Morgan fingerprint density at radius 2 is 2.67 bits per heavy atom. The zero-order chi connectivity index (χ0) is 3.98. The minimum absolute atomic E-state index is 0.815. The summed E-state index contributed by atoms with van der Waals surface area (Å²) in [5, 5.41) is 3.90. The molecule has 0 N–H and O–H groups in total. The number of hydrogen-bond donors (Lipinski definition) is 0. The molecule has 1 fully saturated rings. The first-order valence-electron chi connectivity index (χ1n) is 2.13. The lowest BCUT2D eigenvalue weighted by Gasteiger charge is -1.69. The van der Waals surface area contributed by atoms with Crippen LogP contribution < -0.4 is 0 Å². The molecule has 2 aliphatic rings. The van der Waals surface area contributed by atoms with E-state index in [2.05, 4.69) is 11.2 Å². The molecule has 2 rings (SSSR count). The van der Waals surface area contributed by atoms with E-state index in [0.29, 0.717) is 0 Å². The fourth-order valence-electron chi connectivity index (χ4n) is 0.639. The molecule has 0 saturated heterocycles. The van der Waals surface area contributed by atoms with Crippen LogP contribution in [-0.4, -0.2) is 5.25 Å². The third-order valence-electron chi connectivity index (χ3n) is 1.19. The van der Waals surface area contributed by atoms with Gasteiger partial charge in [0.15, 0.2) is 0 Å². The highest BCUT2D eigenvalue weighted by Crippen LogP contribution is 2.44. The molecule has 0 nitrogen and oxygen atoms in total. The molecular weight excluding hydrogens is 92.1 g/mol. The second kappa shape index (κ2) is 0.764. The van der Waals surface area contributed by atoms with Gasteiger partial charge in [0.05, 0.1) is 0 Å². The summed E-state index contributed by atoms with van der Waals surface area (Å²) in [6.07, 6.45) is 1.37. The summed E-state index contributed by atoms with van der Waals surface area (Å²) >= 11 is 1.81. The van der Waals surface area contributed by atoms with Gasteiger partial charge in [-0.1, -0.05) is 17.7 Å². The predicted molar refractivity (Wildman–Crippen MR) is 27.3 cm³/mol. The van der Waals surface area contributed by atoms with Crippen molar-refractivity contribution in [3.63, 3.8) is 0 Å². The van der Waals surface area contributed by atoms with Crippen LogP contribution in [0.4, 0.5) is 0 Å². The van der Waals surface area contributed by atoms with Crippen molar-refractivity contribution in [3.05, 3.63) is 0 Å². The van der Waals surface area contributed by atoms with Gasteiger partial charge >= 0.3 is 0 Å². The Morgan fingerprint density at radius 3 is 2.83 bits per heavy atom. The van der Waals surface area contributed by atoms with E-state index in [9.17, 15) is 0 Å². The van der Waals surface area contributed by atoms with Gasteiger partial charge in [-0.05, 0) is 11.7 Å². The quantitative estimate of drug-likeness (QED) is 0.407. The third-order valence-corrected chi connectivity index (χ3v) is 2.25. The van der Waals surface area contributed by atoms with Crippen molar-refractivity contribution in [3.8, 4) is 11.2 Å². The van der Waals surface area contributed by atoms with E-state index >= 15 is 0 Å². The summed E-state index contributed by atoms with van der Waals surface area (Å²) in [7, 11) is 0. The summed E-state index contributed by atoms with van der Waals surface area (Å²) in [6.45, 7) is 0. The number of fused-ring (bicyclic) bond motifs is 1. The lowest BCUT2D eigenvalue weighted by Crippen LogP contribution is -1.63. The topological polar surface area (TPSA) is 0 Å². The molecule has 30 valence electrons. The summed E-state index contributed by atoms with van der Waals surface area (Å²) in [4.78, 5) is 0. The predicted octanol–water partition coefficient (Wildman–Crippen LogP) is 1.08. The molecule has 1 heteroatoms. The maximum Gasteiger partial charge on any atom is 0.0352 e. The highest BCUT2D eigenvalue weighted by atomic mass is 32.2. The number of hydrogen-bond acceptors (Lipinski definition) is 1. The Balaban J connectivity index is 2.33. The van der Waals surface area contributed by atoms with Crippen LogP contribution in [0.15, 0.2) is 0 Å².